The molecular formula is C21H18ClF3N2O5S. The minimum atomic E-state index is -4.71. The third-order valence-corrected chi connectivity index (χ3v) is 6.40. The van der Waals surface area contributed by atoms with Crippen LogP contribution in [0.25, 0.3) is 16.9 Å². The van der Waals surface area contributed by atoms with Crippen LogP contribution in [0, 0.1) is 0 Å². The Hall–Kier alpha value is -3.05. The Labute approximate surface area is 192 Å². The van der Waals surface area contributed by atoms with Crippen LogP contribution in [0.4, 0.5) is 13.2 Å². The lowest BCUT2D eigenvalue weighted by atomic mass is 10.1. The van der Waals surface area contributed by atoms with E-state index in [9.17, 15) is 26.4 Å². The molecule has 3 rings (SSSR count). The van der Waals surface area contributed by atoms with Crippen molar-refractivity contribution in [2.45, 2.75) is 18.0 Å². The normalized spacial score (nSPS) is 11.9. The van der Waals surface area contributed by atoms with E-state index >= 15 is 0 Å². The first-order valence-electron chi connectivity index (χ1n) is 9.46. The molecule has 0 spiro atoms. The quantitative estimate of drug-likeness (QED) is 0.440. The molecule has 0 aliphatic heterocycles. The number of hydrogen-bond donors (Lipinski definition) is 0. The van der Waals surface area contributed by atoms with Crippen molar-refractivity contribution in [3.05, 3.63) is 59.2 Å². The highest BCUT2D eigenvalue weighted by Crippen LogP contribution is 2.35. The van der Waals surface area contributed by atoms with Gasteiger partial charge in [0.1, 0.15) is 5.75 Å². The van der Waals surface area contributed by atoms with Gasteiger partial charge in [0.25, 0.3) is 0 Å². The van der Waals surface area contributed by atoms with E-state index in [1.165, 1.54) is 49.6 Å². The van der Waals surface area contributed by atoms with E-state index in [0.29, 0.717) is 5.75 Å². The maximum atomic E-state index is 13.4. The summed E-state index contributed by atoms with van der Waals surface area (Å²) in [7, 11) is -2.58. The standard InChI is InChI=1S/C21H18ClF3N2O5S/c1-3-32-20(28)12-33(29,30)15-7-4-13(5-8-15)17-11-19(21(23,24)25)26-27(17)14-6-9-18(31-2)16(22)10-14/h4-11H,3,12H2,1-2H3. The highest BCUT2D eigenvalue weighted by Gasteiger charge is 2.35. The molecule has 176 valence electrons. The number of aromatic nitrogens is 2. The van der Waals surface area contributed by atoms with Crippen LogP contribution >= 0.6 is 11.6 Å². The van der Waals surface area contributed by atoms with Gasteiger partial charge in [-0.3, -0.25) is 4.79 Å². The highest BCUT2D eigenvalue weighted by molar-refractivity contribution is 7.92. The summed E-state index contributed by atoms with van der Waals surface area (Å²) < 4.78 is 75.7. The number of sulfone groups is 1. The number of carbonyl (C=O) groups excluding carboxylic acids is 1. The molecule has 0 fully saturated rings. The first-order valence-corrected chi connectivity index (χ1v) is 11.5. The number of methoxy groups -OCH3 is 1. The molecule has 0 bridgehead atoms. The van der Waals surface area contributed by atoms with E-state index in [0.717, 1.165) is 10.7 Å². The molecule has 3 aromatic rings. The van der Waals surface area contributed by atoms with Gasteiger partial charge < -0.3 is 9.47 Å². The van der Waals surface area contributed by atoms with Crippen LogP contribution < -0.4 is 4.74 Å². The molecule has 0 saturated carbocycles. The molecular weight excluding hydrogens is 485 g/mol. The average molecular weight is 503 g/mol. The van der Waals surface area contributed by atoms with E-state index in [2.05, 4.69) is 9.84 Å². The van der Waals surface area contributed by atoms with E-state index in [-0.39, 0.29) is 33.5 Å². The van der Waals surface area contributed by atoms with Crippen LogP contribution in [0.2, 0.25) is 5.02 Å². The maximum absolute atomic E-state index is 13.4. The molecule has 0 aliphatic rings. The minimum Gasteiger partial charge on any atom is -0.495 e. The fraction of sp³-hybridized carbons (Fsp3) is 0.238. The number of rotatable bonds is 7. The molecule has 2 aromatic carbocycles. The van der Waals surface area contributed by atoms with Crippen molar-refractivity contribution in [2.75, 3.05) is 19.5 Å². The Bertz CT molecular complexity index is 1270. The molecule has 0 saturated heterocycles. The number of hydrogen-bond acceptors (Lipinski definition) is 6. The lowest BCUT2D eigenvalue weighted by Gasteiger charge is -2.11. The topological polar surface area (TPSA) is 87.5 Å². The van der Waals surface area contributed by atoms with Gasteiger partial charge in [-0.15, -0.1) is 0 Å². The summed E-state index contributed by atoms with van der Waals surface area (Å²) in [4.78, 5) is 11.4. The van der Waals surface area contributed by atoms with Crippen molar-refractivity contribution in [3.8, 4) is 22.7 Å². The van der Waals surface area contributed by atoms with Crippen LogP contribution in [-0.4, -0.2) is 43.6 Å². The van der Waals surface area contributed by atoms with Crippen LogP contribution in [0.1, 0.15) is 12.6 Å². The van der Waals surface area contributed by atoms with Gasteiger partial charge in [-0.2, -0.15) is 18.3 Å². The molecule has 7 nitrogen and oxygen atoms in total. The number of benzene rings is 2. The molecule has 0 radical (unpaired) electrons. The molecule has 0 atom stereocenters. The third-order valence-electron chi connectivity index (χ3n) is 4.50. The Morgan fingerprint density at radius 2 is 1.79 bits per heavy atom. The van der Waals surface area contributed by atoms with E-state index in [1.54, 1.807) is 6.92 Å². The predicted molar refractivity (Wildman–Crippen MR) is 114 cm³/mol. The zero-order valence-corrected chi connectivity index (χ0v) is 19.0. The Balaban J connectivity index is 2.04. The Kier molecular flexibility index (Phi) is 7.03. The first-order chi connectivity index (χ1) is 15.5. The van der Waals surface area contributed by atoms with Crippen LogP contribution in [0.5, 0.6) is 5.75 Å². The Morgan fingerprint density at radius 1 is 1.12 bits per heavy atom. The number of halogens is 4. The molecule has 0 unspecified atom stereocenters. The van der Waals surface area contributed by atoms with Crippen molar-refractivity contribution in [2.24, 2.45) is 0 Å². The summed E-state index contributed by atoms with van der Waals surface area (Å²) in [6.07, 6.45) is -4.71. The van der Waals surface area contributed by atoms with Gasteiger partial charge in [-0.1, -0.05) is 23.7 Å². The molecule has 0 N–H and O–H groups in total. The van der Waals surface area contributed by atoms with Crippen LogP contribution in [0.3, 0.4) is 0 Å². The number of alkyl halides is 3. The fourth-order valence-corrected chi connectivity index (χ4v) is 4.35. The average Bonchev–Trinajstić information content (AvgIpc) is 3.19. The fourth-order valence-electron chi connectivity index (χ4n) is 2.98. The maximum Gasteiger partial charge on any atom is 0.435 e. The van der Waals surface area contributed by atoms with E-state index < -0.39 is 33.4 Å². The lowest BCUT2D eigenvalue weighted by molar-refractivity contribution is -0.141. The first kappa shape index (κ1) is 24.6. The molecule has 1 heterocycles. The van der Waals surface area contributed by atoms with Gasteiger partial charge in [0.15, 0.2) is 21.3 Å². The smallest absolute Gasteiger partial charge is 0.435 e. The lowest BCUT2D eigenvalue weighted by Crippen LogP contribution is -2.18. The summed E-state index contributed by atoms with van der Waals surface area (Å²) in [6, 6.07) is 10.3. The molecule has 12 heteroatoms. The van der Waals surface area contributed by atoms with Gasteiger partial charge in [-0.25, -0.2) is 13.1 Å². The van der Waals surface area contributed by atoms with Gasteiger partial charge in [0.2, 0.25) is 0 Å². The number of carbonyl (C=O) groups is 1. The third kappa shape index (κ3) is 5.48. The summed E-state index contributed by atoms with van der Waals surface area (Å²) >= 11 is 6.12. The second-order valence-electron chi connectivity index (χ2n) is 6.73. The van der Waals surface area contributed by atoms with Gasteiger partial charge >= 0.3 is 12.1 Å². The number of esters is 1. The van der Waals surface area contributed by atoms with Gasteiger partial charge in [-0.05, 0) is 43.3 Å². The van der Waals surface area contributed by atoms with E-state index in [1.807, 2.05) is 0 Å². The Morgan fingerprint density at radius 3 is 2.33 bits per heavy atom. The van der Waals surface area contributed by atoms with Crippen molar-refractivity contribution >= 4 is 27.4 Å². The van der Waals surface area contributed by atoms with Crippen molar-refractivity contribution in [1.82, 2.24) is 9.78 Å². The highest BCUT2D eigenvalue weighted by atomic mass is 35.5. The summed E-state index contributed by atoms with van der Waals surface area (Å²) in [5, 5.41) is 3.84. The second-order valence-corrected chi connectivity index (χ2v) is 9.13. The number of ether oxygens (including phenoxy) is 2. The summed E-state index contributed by atoms with van der Waals surface area (Å²) in [5.41, 5.74) is -0.577. The van der Waals surface area contributed by atoms with Crippen molar-refractivity contribution < 1.29 is 35.9 Å². The van der Waals surface area contributed by atoms with Crippen LogP contribution in [0.15, 0.2) is 53.4 Å². The molecule has 1 aromatic heterocycles. The predicted octanol–water partition coefficient (Wildman–Crippen LogP) is 4.56. The summed E-state index contributed by atoms with van der Waals surface area (Å²) in [6.45, 7) is 1.59. The monoisotopic (exact) mass is 502 g/mol. The second kappa shape index (κ2) is 9.44. The molecule has 0 amide bonds. The summed E-state index contributed by atoms with van der Waals surface area (Å²) in [5.74, 6) is -1.41. The van der Waals surface area contributed by atoms with Crippen molar-refractivity contribution in [1.29, 1.82) is 0 Å². The largest absolute Gasteiger partial charge is 0.495 e. The zero-order chi connectivity index (χ0) is 24.4. The molecule has 0 aliphatic carbocycles. The van der Waals surface area contributed by atoms with E-state index in [4.69, 9.17) is 16.3 Å². The minimum absolute atomic E-state index is 0.0359. The zero-order valence-electron chi connectivity index (χ0n) is 17.4. The molecule has 33 heavy (non-hydrogen) atoms. The SMILES string of the molecule is CCOC(=O)CS(=O)(=O)c1ccc(-c2cc(C(F)(F)F)nn2-c2ccc(OC)c(Cl)c2)cc1. The number of nitrogens with zero attached hydrogens (tertiary/aromatic N) is 2. The van der Waals surface area contributed by atoms with Crippen LogP contribution in [-0.2, 0) is 25.5 Å². The van der Waals surface area contributed by atoms with Gasteiger partial charge in [0, 0.05) is 5.56 Å². The van der Waals surface area contributed by atoms with Crippen molar-refractivity contribution in [3.63, 3.8) is 0 Å². The van der Waals surface area contributed by atoms with Gasteiger partial charge in [0.05, 0.1) is 35.0 Å².